The van der Waals surface area contributed by atoms with Crippen molar-refractivity contribution in [1.82, 2.24) is 25.1 Å². The van der Waals surface area contributed by atoms with Crippen LogP contribution in [0.1, 0.15) is 23.7 Å². The summed E-state index contributed by atoms with van der Waals surface area (Å²) < 4.78 is 7.21. The first-order chi connectivity index (χ1) is 16.5. The van der Waals surface area contributed by atoms with Crippen molar-refractivity contribution in [2.75, 3.05) is 43.5 Å². The zero-order valence-electron chi connectivity index (χ0n) is 18.6. The van der Waals surface area contributed by atoms with Gasteiger partial charge in [0.1, 0.15) is 10.8 Å². The molecule has 180 valence electrons. The van der Waals surface area contributed by atoms with Gasteiger partial charge in [0.2, 0.25) is 0 Å². The maximum atomic E-state index is 12.5. The lowest BCUT2D eigenvalue weighted by molar-refractivity contribution is -0.384. The molecule has 0 bridgehead atoms. The molecule has 1 fully saturated rings. The van der Waals surface area contributed by atoms with Crippen molar-refractivity contribution >= 4 is 51.8 Å². The average molecular weight is 506 g/mol. The second-order valence-corrected chi connectivity index (χ2v) is 9.03. The van der Waals surface area contributed by atoms with E-state index in [1.54, 1.807) is 22.6 Å². The highest BCUT2D eigenvalue weighted by Crippen LogP contribution is 2.28. The fourth-order valence-corrected chi connectivity index (χ4v) is 4.41. The number of nitrogens with zero attached hydrogens (tertiary/aromatic N) is 6. The number of nitro groups is 1. The molecule has 4 rings (SSSR count). The third-order valence-corrected chi connectivity index (χ3v) is 6.59. The summed E-state index contributed by atoms with van der Waals surface area (Å²) in [6.07, 6.45) is 2.76. The standard InChI is InChI=1S/C21H24ClN7O4S/c1-2-11-34-21-25-18(27-7-9-33-10-8-27)15-13-24-28(19(15)26-21)6-5-23-20(30)14-3-4-16(22)17(12-14)29(31)32/h3-4,12-13H,2,5-11H2,1H3,(H,23,30). The minimum atomic E-state index is -0.616. The second kappa shape index (κ2) is 11.0. The Kier molecular flexibility index (Phi) is 7.80. The first kappa shape index (κ1) is 24.2. The van der Waals surface area contributed by atoms with E-state index >= 15 is 0 Å². The van der Waals surface area contributed by atoms with E-state index in [4.69, 9.17) is 26.3 Å². The molecule has 34 heavy (non-hydrogen) atoms. The van der Waals surface area contributed by atoms with Gasteiger partial charge in [-0.25, -0.2) is 14.6 Å². The Morgan fingerprint density at radius 3 is 2.85 bits per heavy atom. The Morgan fingerprint density at radius 1 is 1.32 bits per heavy atom. The monoisotopic (exact) mass is 505 g/mol. The molecule has 1 amide bonds. The van der Waals surface area contributed by atoms with Crippen LogP contribution < -0.4 is 10.2 Å². The summed E-state index contributed by atoms with van der Waals surface area (Å²) >= 11 is 7.43. The Hall–Kier alpha value is -2.96. The van der Waals surface area contributed by atoms with Gasteiger partial charge in [0.05, 0.1) is 36.3 Å². The average Bonchev–Trinajstić information content (AvgIpc) is 3.25. The fourth-order valence-electron chi connectivity index (χ4n) is 3.53. The van der Waals surface area contributed by atoms with Gasteiger partial charge in [0.25, 0.3) is 11.6 Å². The van der Waals surface area contributed by atoms with E-state index in [1.165, 1.54) is 18.2 Å². The maximum absolute atomic E-state index is 12.5. The third-order valence-electron chi connectivity index (χ3n) is 5.22. The molecule has 1 aliphatic heterocycles. The highest BCUT2D eigenvalue weighted by molar-refractivity contribution is 7.99. The lowest BCUT2D eigenvalue weighted by Crippen LogP contribution is -2.37. The van der Waals surface area contributed by atoms with Crippen molar-refractivity contribution in [3.8, 4) is 0 Å². The first-order valence-corrected chi connectivity index (χ1v) is 12.3. The molecule has 1 aliphatic rings. The molecule has 0 atom stereocenters. The summed E-state index contributed by atoms with van der Waals surface area (Å²) in [5.41, 5.74) is 0.555. The number of nitro benzene ring substituents is 1. The molecule has 2 aromatic heterocycles. The highest BCUT2D eigenvalue weighted by atomic mass is 35.5. The Bertz CT molecular complexity index is 1200. The molecule has 1 N–H and O–H groups in total. The topological polar surface area (TPSA) is 128 Å². The number of rotatable bonds is 9. The van der Waals surface area contributed by atoms with Crippen LogP contribution in [0.4, 0.5) is 11.5 Å². The number of fused-ring (bicyclic) bond motifs is 1. The Labute approximate surface area is 205 Å². The van der Waals surface area contributed by atoms with Crippen LogP contribution in [0.5, 0.6) is 0 Å². The number of morpholine rings is 1. The van der Waals surface area contributed by atoms with Crippen LogP contribution in [-0.2, 0) is 11.3 Å². The van der Waals surface area contributed by atoms with Gasteiger partial charge in [-0.3, -0.25) is 14.9 Å². The van der Waals surface area contributed by atoms with Gasteiger partial charge in [-0.05, 0) is 18.6 Å². The van der Waals surface area contributed by atoms with Crippen molar-refractivity contribution in [2.24, 2.45) is 0 Å². The molecular weight excluding hydrogens is 482 g/mol. The van der Waals surface area contributed by atoms with Crippen molar-refractivity contribution < 1.29 is 14.5 Å². The van der Waals surface area contributed by atoms with E-state index < -0.39 is 10.8 Å². The van der Waals surface area contributed by atoms with Gasteiger partial charge in [0, 0.05) is 37.0 Å². The lowest BCUT2D eigenvalue weighted by Gasteiger charge is -2.28. The zero-order valence-corrected chi connectivity index (χ0v) is 20.1. The second-order valence-electron chi connectivity index (χ2n) is 7.56. The maximum Gasteiger partial charge on any atom is 0.288 e. The number of amides is 1. The lowest BCUT2D eigenvalue weighted by atomic mass is 10.2. The van der Waals surface area contributed by atoms with Crippen LogP contribution in [0.2, 0.25) is 5.02 Å². The molecule has 0 radical (unpaired) electrons. The number of aromatic nitrogens is 4. The third kappa shape index (κ3) is 5.40. The number of carbonyl (C=O) groups is 1. The van der Waals surface area contributed by atoms with Crippen LogP contribution in [0.15, 0.2) is 29.6 Å². The normalized spacial score (nSPS) is 13.9. The number of ether oxygens (including phenoxy) is 1. The fraction of sp³-hybridized carbons (Fsp3) is 0.429. The number of anilines is 1. The molecule has 0 saturated carbocycles. The van der Waals surface area contributed by atoms with E-state index in [-0.39, 0.29) is 22.8 Å². The van der Waals surface area contributed by atoms with Gasteiger partial charge < -0.3 is 15.0 Å². The summed E-state index contributed by atoms with van der Waals surface area (Å²) in [4.78, 5) is 34.7. The van der Waals surface area contributed by atoms with Crippen LogP contribution in [0.3, 0.4) is 0 Å². The molecule has 11 nitrogen and oxygen atoms in total. The molecule has 3 heterocycles. The molecule has 13 heteroatoms. The summed E-state index contributed by atoms with van der Waals surface area (Å²) in [7, 11) is 0. The van der Waals surface area contributed by atoms with Gasteiger partial charge in [-0.2, -0.15) is 5.10 Å². The summed E-state index contributed by atoms with van der Waals surface area (Å²) in [5.74, 6) is 1.32. The number of benzene rings is 1. The zero-order chi connectivity index (χ0) is 24.1. The van der Waals surface area contributed by atoms with E-state index in [2.05, 4.69) is 22.2 Å². The van der Waals surface area contributed by atoms with Gasteiger partial charge >= 0.3 is 0 Å². The SMILES string of the molecule is CCCSc1nc(N2CCOCC2)c2cnn(CCNC(=O)c3ccc(Cl)c([N+](=O)[O-])c3)c2n1. The number of halogens is 1. The number of thioether (sulfide) groups is 1. The van der Waals surface area contributed by atoms with Crippen LogP contribution in [0.25, 0.3) is 11.0 Å². The summed E-state index contributed by atoms with van der Waals surface area (Å²) in [6.45, 7) is 5.54. The molecule has 0 aliphatic carbocycles. The molecule has 0 spiro atoms. The van der Waals surface area contributed by atoms with Crippen LogP contribution >= 0.6 is 23.4 Å². The van der Waals surface area contributed by atoms with E-state index in [0.717, 1.165) is 36.5 Å². The van der Waals surface area contributed by atoms with Gasteiger partial charge in [-0.15, -0.1) is 0 Å². The number of hydrogen-bond acceptors (Lipinski definition) is 9. The van der Waals surface area contributed by atoms with E-state index in [0.29, 0.717) is 30.6 Å². The highest BCUT2D eigenvalue weighted by Gasteiger charge is 2.21. The van der Waals surface area contributed by atoms with Gasteiger partial charge in [-0.1, -0.05) is 30.3 Å². The molecule has 1 aromatic carbocycles. The number of nitrogens with one attached hydrogen (secondary N) is 1. The van der Waals surface area contributed by atoms with Crippen molar-refractivity contribution in [1.29, 1.82) is 0 Å². The number of hydrogen-bond donors (Lipinski definition) is 1. The first-order valence-electron chi connectivity index (χ1n) is 10.9. The smallest absolute Gasteiger partial charge is 0.288 e. The van der Waals surface area contributed by atoms with Crippen molar-refractivity contribution in [3.05, 3.63) is 45.1 Å². The minimum Gasteiger partial charge on any atom is -0.378 e. The summed E-state index contributed by atoms with van der Waals surface area (Å²) in [6, 6.07) is 3.96. The molecule has 1 saturated heterocycles. The number of carbonyl (C=O) groups excluding carboxylic acids is 1. The largest absolute Gasteiger partial charge is 0.378 e. The Balaban J connectivity index is 1.51. The van der Waals surface area contributed by atoms with Gasteiger partial charge in [0.15, 0.2) is 10.8 Å². The predicted octanol–water partition coefficient (Wildman–Crippen LogP) is 3.16. The van der Waals surface area contributed by atoms with E-state index in [9.17, 15) is 14.9 Å². The molecule has 3 aromatic rings. The van der Waals surface area contributed by atoms with Crippen LogP contribution in [-0.4, -0.2) is 69.2 Å². The minimum absolute atomic E-state index is 0.0166. The molecular formula is C21H24ClN7O4S. The van der Waals surface area contributed by atoms with Crippen molar-refractivity contribution in [2.45, 2.75) is 25.0 Å². The van der Waals surface area contributed by atoms with E-state index in [1.807, 2.05) is 0 Å². The Morgan fingerprint density at radius 2 is 2.12 bits per heavy atom. The predicted molar refractivity (Wildman–Crippen MR) is 130 cm³/mol. The summed E-state index contributed by atoms with van der Waals surface area (Å²) in [5, 5.41) is 19.9. The molecule has 0 unspecified atom stereocenters. The van der Waals surface area contributed by atoms with Crippen molar-refractivity contribution in [3.63, 3.8) is 0 Å². The quantitative estimate of drug-likeness (QED) is 0.202. The van der Waals surface area contributed by atoms with Crippen LogP contribution in [0, 0.1) is 10.1 Å².